The highest BCUT2D eigenvalue weighted by Gasteiger charge is 2.31. The van der Waals surface area contributed by atoms with Crippen LogP contribution in [-0.4, -0.2) is 53.2 Å². The molecule has 2 atom stereocenters. The number of hydrogen-bond donors (Lipinski definition) is 2. The van der Waals surface area contributed by atoms with E-state index in [1.807, 2.05) is 31.2 Å². The number of carboxylic acid groups (broad SMARTS) is 1. The predicted octanol–water partition coefficient (Wildman–Crippen LogP) is 4.55. The Hall–Kier alpha value is -3.35. The smallest absolute Gasteiger partial charge is 0.407 e. The van der Waals surface area contributed by atoms with E-state index < -0.39 is 12.1 Å². The molecule has 0 radical (unpaired) electrons. The van der Waals surface area contributed by atoms with Gasteiger partial charge in [0.1, 0.15) is 6.61 Å². The van der Waals surface area contributed by atoms with Crippen LogP contribution in [0.4, 0.5) is 4.79 Å². The molecular weight excluding hydrogens is 432 g/mol. The summed E-state index contributed by atoms with van der Waals surface area (Å²) >= 11 is 0. The Bertz CT molecular complexity index is 1010. The highest BCUT2D eigenvalue weighted by Crippen LogP contribution is 2.44. The van der Waals surface area contributed by atoms with Gasteiger partial charge in [0, 0.05) is 31.0 Å². The van der Waals surface area contributed by atoms with Crippen LogP contribution < -0.4 is 5.32 Å². The first kappa shape index (κ1) is 23.8. The molecule has 7 nitrogen and oxygen atoms in total. The number of nitrogens with zero attached hydrogens (tertiary/aromatic N) is 1. The van der Waals surface area contributed by atoms with Gasteiger partial charge in [-0.3, -0.25) is 9.59 Å². The minimum atomic E-state index is -0.895. The minimum absolute atomic E-state index is 0.0232. The number of likely N-dealkylation sites (tertiary alicyclic amines) is 1. The van der Waals surface area contributed by atoms with Gasteiger partial charge >= 0.3 is 12.1 Å². The third-order valence-electron chi connectivity index (χ3n) is 6.94. The minimum Gasteiger partial charge on any atom is -0.481 e. The molecule has 0 aromatic heterocycles. The average molecular weight is 465 g/mol. The van der Waals surface area contributed by atoms with Crippen molar-refractivity contribution in [1.82, 2.24) is 10.2 Å². The van der Waals surface area contributed by atoms with Gasteiger partial charge in [0.15, 0.2) is 0 Å². The standard InChI is InChI=1S/C27H32N2O5/c1-2-18(15-25(30)29-14-8-7-9-19(29)16-26(31)32)28-27(33)34-17-24-22-12-5-3-10-20(22)21-11-4-6-13-23(21)24/h3-6,10-13,18-19,24H,2,7-9,14-17H2,1H3,(H,28,33)(H,31,32)/t18-,19-/m1/s1. The SMILES string of the molecule is CC[C@H](CC(=O)N1CCCC[C@@H]1CC(=O)O)NC(=O)OCC1c2ccccc2-c2ccccc21. The largest absolute Gasteiger partial charge is 0.481 e. The number of carbonyl (C=O) groups is 3. The molecule has 2 aliphatic rings. The number of aliphatic carboxylic acids is 1. The molecule has 0 spiro atoms. The third kappa shape index (κ3) is 5.24. The summed E-state index contributed by atoms with van der Waals surface area (Å²) in [6.45, 7) is 2.70. The van der Waals surface area contributed by atoms with Crippen LogP contribution in [0.1, 0.15) is 62.5 Å². The zero-order valence-corrected chi connectivity index (χ0v) is 19.5. The van der Waals surface area contributed by atoms with Crippen molar-refractivity contribution in [3.8, 4) is 11.1 Å². The van der Waals surface area contributed by atoms with Crippen molar-refractivity contribution < 1.29 is 24.2 Å². The van der Waals surface area contributed by atoms with Crippen molar-refractivity contribution in [2.75, 3.05) is 13.2 Å². The molecule has 2 aromatic carbocycles. The number of piperidine rings is 1. The Labute approximate surface area is 200 Å². The van der Waals surface area contributed by atoms with Crippen molar-refractivity contribution >= 4 is 18.0 Å². The summed E-state index contributed by atoms with van der Waals surface area (Å²) in [5.41, 5.74) is 4.63. The van der Waals surface area contributed by atoms with E-state index in [2.05, 4.69) is 29.6 Å². The van der Waals surface area contributed by atoms with E-state index in [1.54, 1.807) is 4.90 Å². The number of amides is 2. The molecule has 1 fully saturated rings. The summed E-state index contributed by atoms with van der Waals surface area (Å²) in [6, 6.07) is 15.7. The summed E-state index contributed by atoms with van der Waals surface area (Å²) in [4.78, 5) is 38.4. The molecule has 1 aliphatic carbocycles. The van der Waals surface area contributed by atoms with Gasteiger partial charge < -0.3 is 20.1 Å². The molecule has 2 aromatic rings. The number of carbonyl (C=O) groups excluding carboxylic acids is 2. The molecule has 1 saturated heterocycles. The Morgan fingerprint density at radius 2 is 1.71 bits per heavy atom. The monoisotopic (exact) mass is 464 g/mol. The van der Waals surface area contributed by atoms with Crippen LogP contribution in [0.15, 0.2) is 48.5 Å². The summed E-state index contributed by atoms with van der Waals surface area (Å²) < 4.78 is 5.62. The summed E-state index contributed by atoms with van der Waals surface area (Å²) in [7, 11) is 0. The van der Waals surface area contributed by atoms with E-state index in [0.717, 1.165) is 24.0 Å². The number of alkyl carbamates (subject to hydrolysis) is 1. The molecule has 1 heterocycles. The quantitative estimate of drug-likeness (QED) is 0.598. The van der Waals surface area contributed by atoms with E-state index in [9.17, 15) is 19.5 Å². The fourth-order valence-electron chi connectivity index (χ4n) is 5.17. The van der Waals surface area contributed by atoms with Crippen molar-refractivity contribution in [1.29, 1.82) is 0 Å². The fourth-order valence-corrected chi connectivity index (χ4v) is 5.17. The van der Waals surface area contributed by atoms with Crippen LogP contribution in [-0.2, 0) is 14.3 Å². The molecule has 4 rings (SSSR count). The number of fused-ring (bicyclic) bond motifs is 3. The Balaban J connectivity index is 1.34. The van der Waals surface area contributed by atoms with Crippen molar-refractivity contribution in [3.05, 3.63) is 59.7 Å². The fraction of sp³-hybridized carbons (Fsp3) is 0.444. The molecule has 0 unspecified atom stereocenters. The van der Waals surface area contributed by atoms with E-state index in [4.69, 9.17) is 4.74 Å². The average Bonchev–Trinajstić information content (AvgIpc) is 3.16. The molecule has 34 heavy (non-hydrogen) atoms. The Morgan fingerprint density at radius 3 is 2.32 bits per heavy atom. The van der Waals surface area contributed by atoms with Crippen molar-refractivity contribution in [2.24, 2.45) is 0 Å². The molecular formula is C27H32N2O5. The predicted molar refractivity (Wildman–Crippen MR) is 129 cm³/mol. The number of nitrogens with one attached hydrogen (secondary N) is 1. The first-order valence-corrected chi connectivity index (χ1v) is 12.1. The van der Waals surface area contributed by atoms with Gasteiger partial charge in [-0.2, -0.15) is 0 Å². The summed E-state index contributed by atoms with van der Waals surface area (Å²) in [5.74, 6) is -1.03. The second-order valence-electron chi connectivity index (χ2n) is 9.11. The van der Waals surface area contributed by atoms with E-state index in [-0.39, 0.29) is 43.4 Å². The van der Waals surface area contributed by atoms with Gasteiger partial charge in [-0.05, 0) is 47.9 Å². The molecule has 180 valence electrons. The lowest BCUT2D eigenvalue weighted by molar-refractivity contribution is -0.142. The third-order valence-corrected chi connectivity index (χ3v) is 6.94. The van der Waals surface area contributed by atoms with Crippen LogP contribution in [0.5, 0.6) is 0 Å². The molecule has 7 heteroatoms. The van der Waals surface area contributed by atoms with Gasteiger partial charge in [0.2, 0.25) is 5.91 Å². The number of ether oxygens (including phenoxy) is 1. The number of hydrogen-bond acceptors (Lipinski definition) is 4. The maximum atomic E-state index is 12.9. The van der Waals surface area contributed by atoms with Crippen LogP contribution in [0.3, 0.4) is 0 Å². The Kier molecular flexibility index (Phi) is 7.50. The van der Waals surface area contributed by atoms with Crippen LogP contribution in [0.25, 0.3) is 11.1 Å². The summed E-state index contributed by atoms with van der Waals surface area (Å²) in [6.07, 6.45) is 2.64. The number of benzene rings is 2. The van der Waals surface area contributed by atoms with E-state index >= 15 is 0 Å². The summed E-state index contributed by atoms with van der Waals surface area (Å²) in [5, 5.41) is 12.0. The van der Waals surface area contributed by atoms with E-state index in [1.165, 1.54) is 11.1 Å². The molecule has 0 bridgehead atoms. The van der Waals surface area contributed by atoms with Crippen LogP contribution in [0.2, 0.25) is 0 Å². The number of rotatable bonds is 8. The molecule has 0 saturated carbocycles. The lowest BCUT2D eigenvalue weighted by Crippen LogP contribution is -2.47. The maximum absolute atomic E-state index is 12.9. The van der Waals surface area contributed by atoms with Gasteiger partial charge in [-0.25, -0.2) is 4.79 Å². The number of carboxylic acids is 1. The van der Waals surface area contributed by atoms with Gasteiger partial charge in [-0.15, -0.1) is 0 Å². The molecule has 2 N–H and O–H groups in total. The molecule has 1 aliphatic heterocycles. The Morgan fingerprint density at radius 1 is 1.06 bits per heavy atom. The topological polar surface area (TPSA) is 95.9 Å². The highest BCUT2D eigenvalue weighted by molar-refractivity contribution is 5.80. The first-order valence-electron chi connectivity index (χ1n) is 12.1. The highest BCUT2D eigenvalue weighted by atomic mass is 16.5. The van der Waals surface area contributed by atoms with E-state index in [0.29, 0.717) is 19.4 Å². The van der Waals surface area contributed by atoms with Crippen LogP contribution >= 0.6 is 0 Å². The zero-order valence-electron chi connectivity index (χ0n) is 19.5. The van der Waals surface area contributed by atoms with Gasteiger partial charge in [-0.1, -0.05) is 55.5 Å². The van der Waals surface area contributed by atoms with Crippen molar-refractivity contribution in [2.45, 2.75) is 63.5 Å². The lowest BCUT2D eigenvalue weighted by Gasteiger charge is -2.36. The van der Waals surface area contributed by atoms with Gasteiger partial charge in [0.05, 0.1) is 6.42 Å². The normalized spacial score (nSPS) is 18.0. The maximum Gasteiger partial charge on any atom is 0.407 e. The molecule has 2 amide bonds. The second kappa shape index (κ2) is 10.7. The second-order valence-corrected chi connectivity index (χ2v) is 9.11. The zero-order chi connectivity index (χ0) is 24.1. The van der Waals surface area contributed by atoms with Crippen molar-refractivity contribution in [3.63, 3.8) is 0 Å². The lowest BCUT2D eigenvalue weighted by atomic mass is 9.98. The first-order chi connectivity index (χ1) is 16.5. The van der Waals surface area contributed by atoms with Crippen LogP contribution in [0, 0.1) is 0 Å². The van der Waals surface area contributed by atoms with Gasteiger partial charge in [0.25, 0.3) is 0 Å².